The van der Waals surface area contributed by atoms with Crippen molar-refractivity contribution in [3.05, 3.63) is 279 Å². The number of hydrogen-bond donors (Lipinski definition) is 0. The Hall–Kier alpha value is -9.64. The molecule has 14 rings (SSSR count). The van der Waals surface area contributed by atoms with E-state index in [4.69, 9.17) is 0 Å². The van der Waals surface area contributed by atoms with Crippen LogP contribution >= 0.6 is 0 Å². The topological polar surface area (TPSA) is 16.3 Å². The summed E-state index contributed by atoms with van der Waals surface area (Å²) >= 11 is 0. The fraction of sp³-hybridized carbons (Fsp3) is 0. The molecule has 0 saturated heterocycles. The van der Waals surface area contributed by atoms with Crippen molar-refractivity contribution in [3.8, 4) is 22.5 Å². The number of hydrogen-bond acceptors (Lipinski definition) is 2. The monoisotopic (exact) mass is 918 g/mol. The summed E-state index contributed by atoms with van der Waals surface area (Å²) in [5.74, 6) is 0. The third-order valence-electron chi connectivity index (χ3n) is 14.5. The van der Waals surface area contributed by atoms with Crippen LogP contribution in [0.4, 0.5) is 34.1 Å². The van der Waals surface area contributed by atoms with Gasteiger partial charge >= 0.3 is 0 Å². The Morgan fingerprint density at radius 3 is 0.806 bits per heavy atom. The van der Waals surface area contributed by atoms with Crippen molar-refractivity contribution in [2.45, 2.75) is 0 Å². The molecule has 0 aliphatic rings. The predicted molar refractivity (Wildman–Crippen MR) is 305 cm³/mol. The Labute approximate surface area is 417 Å². The van der Waals surface area contributed by atoms with E-state index in [1.165, 1.54) is 65.2 Å². The highest BCUT2D eigenvalue weighted by Crippen LogP contribution is 2.43. The lowest BCUT2D eigenvalue weighted by Gasteiger charge is -2.28. The third-order valence-corrected chi connectivity index (χ3v) is 14.5. The van der Waals surface area contributed by atoms with Crippen LogP contribution in [-0.2, 0) is 0 Å². The molecule has 0 aliphatic carbocycles. The van der Waals surface area contributed by atoms with Gasteiger partial charge in [0.25, 0.3) is 0 Å². The van der Waals surface area contributed by atoms with Crippen LogP contribution in [0.15, 0.2) is 279 Å². The summed E-state index contributed by atoms with van der Waals surface area (Å²) in [5.41, 5.74) is 16.0. The Morgan fingerprint density at radius 2 is 0.472 bits per heavy atom. The van der Waals surface area contributed by atoms with Gasteiger partial charge in [0.1, 0.15) is 0 Å². The molecule has 0 spiro atoms. The predicted octanol–water partition coefficient (Wildman–Crippen LogP) is 18.8. The van der Waals surface area contributed by atoms with Gasteiger partial charge < -0.3 is 18.9 Å². The fourth-order valence-electron chi connectivity index (χ4n) is 11.2. The van der Waals surface area contributed by atoms with Crippen LogP contribution < -0.4 is 9.80 Å². The van der Waals surface area contributed by atoms with Crippen molar-refractivity contribution < 1.29 is 0 Å². The maximum absolute atomic E-state index is 2.39. The largest absolute Gasteiger partial charge is 0.310 e. The quantitative estimate of drug-likeness (QED) is 0.143. The number of rotatable bonds is 9. The molecule has 0 bridgehead atoms. The average molecular weight is 919 g/mol. The summed E-state index contributed by atoms with van der Waals surface area (Å²) in [7, 11) is 0. The zero-order valence-electron chi connectivity index (χ0n) is 39.3. The second kappa shape index (κ2) is 17.1. The minimum atomic E-state index is 1.09. The van der Waals surface area contributed by atoms with Crippen LogP contribution in [0.3, 0.4) is 0 Å². The highest BCUT2D eigenvalue weighted by Gasteiger charge is 2.20. The van der Waals surface area contributed by atoms with Crippen LogP contribution in [0.2, 0.25) is 0 Å². The first-order valence-electron chi connectivity index (χ1n) is 24.7. The second-order valence-corrected chi connectivity index (χ2v) is 18.5. The molecule has 2 aromatic heterocycles. The molecule has 4 nitrogen and oxygen atoms in total. The molecule has 338 valence electrons. The fourth-order valence-corrected chi connectivity index (χ4v) is 11.2. The maximum atomic E-state index is 2.39. The Balaban J connectivity index is 0.825. The molecule has 4 heteroatoms. The Kier molecular flexibility index (Phi) is 9.82. The summed E-state index contributed by atoms with van der Waals surface area (Å²) in [5, 5.41) is 9.83. The van der Waals surface area contributed by atoms with Crippen molar-refractivity contribution >= 4 is 99.3 Å². The van der Waals surface area contributed by atoms with E-state index in [9.17, 15) is 0 Å². The lowest BCUT2D eigenvalue weighted by Crippen LogP contribution is -2.11. The van der Waals surface area contributed by atoms with Crippen molar-refractivity contribution in [1.29, 1.82) is 0 Å². The Bertz CT molecular complexity index is 3920. The van der Waals surface area contributed by atoms with Crippen LogP contribution in [-0.4, -0.2) is 9.13 Å². The number of anilines is 6. The first kappa shape index (κ1) is 41.3. The lowest BCUT2D eigenvalue weighted by molar-refractivity contribution is 1.17. The molecule has 72 heavy (non-hydrogen) atoms. The molecule has 12 aromatic carbocycles. The molecule has 0 atom stereocenters. The number of para-hydroxylation sites is 4. The van der Waals surface area contributed by atoms with E-state index in [-0.39, 0.29) is 0 Å². The molecule has 0 amide bonds. The van der Waals surface area contributed by atoms with Gasteiger partial charge in [-0.05, 0) is 131 Å². The first-order valence-corrected chi connectivity index (χ1v) is 24.7. The second-order valence-electron chi connectivity index (χ2n) is 18.5. The molecule has 0 radical (unpaired) electrons. The number of benzene rings is 12. The third kappa shape index (κ3) is 6.84. The van der Waals surface area contributed by atoms with E-state index in [0.717, 1.165) is 56.6 Å². The lowest BCUT2D eigenvalue weighted by atomic mass is 10.0. The molecule has 0 saturated carbocycles. The zero-order valence-corrected chi connectivity index (χ0v) is 39.3. The van der Waals surface area contributed by atoms with Gasteiger partial charge in [0.15, 0.2) is 0 Å². The molecule has 2 heterocycles. The zero-order chi connectivity index (χ0) is 47.5. The van der Waals surface area contributed by atoms with Gasteiger partial charge in [-0.3, -0.25) is 0 Å². The van der Waals surface area contributed by atoms with E-state index in [1.54, 1.807) is 0 Å². The van der Waals surface area contributed by atoms with Crippen LogP contribution in [0.5, 0.6) is 0 Å². The van der Waals surface area contributed by atoms with E-state index in [1.807, 2.05) is 0 Å². The molecular weight excluding hydrogens is 873 g/mol. The average Bonchev–Trinajstić information content (AvgIpc) is 3.97. The molecule has 0 aliphatic heterocycles. The molecular formula is C68H46N4. The van der Waals surface area contributed by atoms with E-state index in [0.29, 0.717) is 0 Å². The van der Waals surface area contributed by atoms with Gasteiger partial charge in [0, 0.05) is 66.4 Å². The molecule has 0 fully saturated rings. The smallest absolute Gasteiger partial charge is 0.0541 e. The minimum Gasteiger partial charge on any atom is -0.310 e. The highest BCUT2D eigenvalue weighted by atomic mass is 15.2. The summed E-state index contributed by atoms with van der Waals surface area (Å²) < 4.78 is 4.75. The number of nitrogens with zero attached hydrogens (tertiary/aromatic N) is 4. The first-order chi connectivity index (χ1) is 35.7. The Morgan fingerprint density at radius 1 is 0.208 bits per heavy atom. The molecule has 14 aromatic rings. The molecule has 0 unspecified atom stereocenters. The van der Waals surface area contributed by atoms with Crippen molar-refractivity contribution in [2.75, 3.05) is 9.80 Å². The van der Waals surface area contributed by atoms with Crippen LogP contribution in [0, 0.1) is 0 Å². The standard InChI is InChI=1S/C68H46N4/c1-3-19-57-49(15-1)17-13-29-63(57)69(53-39-43-55(44-40-53)71-65-25-9-5-21-59(65)60-22-6-10-26-66(60)71)51-35-31-47(32-36-51)48-33-37-52(38-34-48)70(64-30-14-18-50-16-2-4-20-58(50)64)54-41-45-56(46-42-54)72-67-27-11-7-23-61(67)62-24-8-12-28-68(62)72/h1-46H. The van der Waals surface area contributed by atoms with Crippen LogP contribution in [0.25, 0.3) is 87.7 Å². The van der Waals surface area contributed by atoms with Gasteiger partial charge in [-0.25, -0.2) is 0 Å². The van der Waals surface area contributed by atoms with Crippen LogP contribution in [0.1, 0.15) is 0 Å². The number of aromatic nitrogens is 2. The van der Waals surface area contributed by atoms with Crippen molar-refractivity contribution in [1.82, 2.24) is 9.13 Å². The number of fused-ring (bicyclic) bond motifs is 8. The van der Waals surface area contributed by atoms with Gasteiger partial charge in [0.05, 0.1) is 33.4 Å². The summed E-state index contributed by atoms with van der Waals surface area (Å²) in [4.78, 5) is 4.78. The molecule has 0 N–H and O–H groups in total. The summed E-state index contributed by atoms with van der Waals surface area (Å²) in [6.07, 6.45) is 0. The summed E-state index contributed by atoms with van der Waals surface area (Å²) in [6, 6.07) is 101. The van der Waals surface area contributed by atoms with E-state index >= 15 is 0 Å². The van der Waals surface area contributed by atoms with Gasteiger partial charge in [-0.2, -0.15) is 0 Å². The van der Waals surface area contributed by atoms with Gasteiger partial charge in [-0.1, -0.05) is 170 Å². The van der Waals surface area contributed by atoms with E-state index < -0.39 is 0 Å². The normalized spacial score (nSPS) is 11.6. The highest BCUT2D eigenvalue weighted by molar-refractivity contribution is 6.10. The maximum Gasteiger partial charge on any atom is 0.0541 e. The van der Waals surface area contributed by atoms with Gasteiger partial charge in [0.2, 0.25) is 0 Å². The van der Waals surface area contributed by atoms with Crippen molar-refractivity contribution in [3.63, 3.8) is 0 Å². The minimum absolute atomic E-state index is 1.09. The SMILES string of the molecule is c1ccc2c(N(c3ccc(-c4ccc(N(c5ccc(-n6c7ccccc7c7ccccc76)cc5)c5cccc6ccccc56)cc4)cc3)c3ccc(-n4c5ccccc5c5ccccc54)cc3)cccc2c1. The van der Waals surface area contributed by atoms with E-state index in [2.05, 4.69) is 298 Å². The van der Waals surface area contributed by atoms with Crippen molar-refractivity contribution in [2.24, 2.45) is 0 Å². The summed E-state index contributed by atoms with van der Waals surface area (Å²) in [6.45, 7) is 0. The van der Waals surface area contributed by atoms with Gasteiger partial charge in [-0.15, -0.1) is 0 Å².